The molecule has 0 unspecified atom stereocenters. The van der Waals surface area contributed by atoms with Crippen LogP contribution in [0, 0.1) is 29.1 Å². The largest absolute Gasteiger partial charge is 0.347 e. The Morgan fingerprint density at radius 3 is 2.30 bits per heavy atom. The molecule has 1 aromatic rings. The van der Waals surface area contributed by atoms with Crippen molar-refractivity contribution in [3.8, 4) is 0 Å². The lowest BCUT2D eigenvalue weighted by molar-refractivity contribution is -0.148. The minimum atomic E-state index is -0.974. The van der Waals surface area contributed by atoms with E-state index in [1.807, 2.05) is 41.5 Å². The molecule has 0 aromatic carbocycles. The van der Waals surface area contributed by atoms with E-state index in [4.69, 9.17) is 0 Å². The summed E-state index contributed by atoms with van der Waals surface area (Å²) in [5.41, 5.74) is -0.546. The number of likely N-dealkylation sites (tertiary alicyclic amines) is 1. The van der Waals surface area contributed by atoms with Crippen LogP contribution in [0.25, 0.3) is 0 Å². The van der Waals surface area contributed by atoms with E-state index in [1.54, 1.807) is 4.90 Å². The maximum absolute atomic E-state index is 14.4. The fourth-order valence-electron chi connectivity index (χ4n) is 6.87. The third-order valence-electron chi connectivity index (χ3n) is 9.63. The van der Waals surface area contributed by atoms with Crippen molar-refractivity contribution in [1.82, 2.24) is 30.8 Å². The molecule has 0 spiro atoms. The van der Waals surface area contributed by atoms with Crippen molar-refractivity contribution >= 4 is 35.2 Å². The minimum absolute atomic E-state index is 0.0179. The molecule has 0 bridgehead atoms. The number of nitrogens with one attached hydrogen (secondary N) is 3. The van der Waals surface area contributed by atoms with E-state index in [0.717, 1.165) is 32.1 Å². The molecule has 4 rings (SSSR count). The summed E-state index contributed by atoms with van der Waals surface area (Å²) in [5, 5.41) is 8.35. The van der Waals surface area contributed by atoms with Gasteiger partial charge in [-0.05, 0) is 55.3 Å². The lowest BCUT2D eigenvalue weighted by atomic mass is 9.75. The molecule has 252 valence electrons. The third kappa shape index (κ3) is 8.36. The van der Waals surface area contributed by atoms with Gasteiger partial charge in [-0.25, -0.2) is 4.98 Å². The Morgan fingerprint density at radius 1 is 1.00 bits per heavy atom. The van der Waals surface area contributed by atoms with Crippen LogP contribution in [0.5, 0.6) is 0 Å². The van der Waals surface area contributed by atoms with E-state index in [-0.39, 0.29) is 47.6 Å². The van der Waals surface area contributed by atoms with Gasteiger partial charge in [-0.2, -0.15) is 0 Å². The van der Waals surface area contributed by atoms with Crippen molar-refractivity contribution in [2.75, 3.05) is 6.54 Å². The van der Waals surface area contributed by atoms with E-state index in [2.05, 4.69) is 25.9 Å². The zero-order chi connectivity index (χ0) is 33.8. The predicted molar refractivity (Wildman–Crippen MR) is 170 cm³/mol. The monoisotopic (exact) mass is 638 g/mol. The lowest BCUT2D eigenvalue weighted by Gasteiger charge is -2.37. The summed E-state index contributed by atoms with van der Waals surface area (Å²) in [4.78, 5) is 90.3. The van der Waals surface area contributed by atoms with Crippen LogP contribution in [0.3, 0.4) is 0 Å². The standard InChI is InChI=1S/C34H50N6O6/c1-7-9-24(29(42)32(45)37-21-12-13-21)38-31(44)28-22-11-8-10-20(22)18-40(28)33(46)23(34(4,5)6)16-26(41)27(19(2)3)39-30(43)25-17-35-14-15-36-25/h14-15,17,19-24,27-28H,7-13,16,18H2,1-6H3,(H,37,45)(H,38,44)(H,39,43)/t20-,22-,23+,24-,27-,28-/m0/s1. The quantitative estimate of drug-likeness (QED) is 0.262. The Labute approximate surface area is 271 Å². The average Bonchev–Trinajstić information content (AvgIpc) is 3.57. The van der Waals surface area contributed by atoms with Crippen molar-refractivity contribution in [2.45, 2.75) is 117 Å². The first-order valence-electron chi connectivity index (χ1n) is 16.8. The molecule has 4 amide bonds. The number of nitrogens with zero attached hydrogens (tertiary/aromatic N) is 3. The van der Waals surface area contributed by atoms with E-state index in [0.29, 0.717) is 19.4 Å². The molecule has 46 heavy (non-hydrogen) atoms. The molecule has 3 aliphatic rings. The average molecular weight is 639 g/mol. The van der Waals surface area contributed by atoms with Gasteiger partial charge in [-0.3, -0.25) is 33.8 Å². The van der Waals surface area contributed by atoms with Gasteiger partial charge < -0.3 is 20.9 Å². The molecular formula is C34H50N6O6. The van der Waals surface area contributed by atoms with Crippen LogP contribution < -0.4 is 16.0 Å². The number of Topliss-reactive ketones (excluding diaryl/α,β-unsaturated/α-hetero) is 2. The Bertz CT molecular complexity index is 1310. The highest BCUT2D eigenvalue weighted by Gasteiger charge is 2.52. The summed E-state index contributed by atoms with van der Waals surface area (Å²) in [6, 6.07) is -2.61. The van der Waals surface area contributed by atoms with Gasteiger partial charge in [0.2, 0.25) is 17.6 Å². The van der Waals surface area contributed by atoms with Crippen LogP contribution in [-0.4, -0.2) is 80.8 Å². The zero-order valence-electron chi connectivity index (χ0n) is 28.0. The van der Waals surface area contributed by atoms with Crippen LogP contribution in [0.15, 0.2) is 18.6 Å². The second kappa shape index (κ2) is 14.8. The molecule has 1 saturated heterocycles. The Kier molecular flexibility index (Phi) is 11.3. The second-order valence-electron chi connectivity index (χ2n) is 14.6. The smallest absolute Gasteiger partial charge is 0.289 e. The van der Waals surface area contributed by atoms with Gasteiger partial charge in [0.1, 0.15) is 11.7 Å². The zero-order valence-corrected chi connectivity index (χ0v) is 28.0. The first-order chi connectivity index (χ1) is 21.7. The van der Waals surface area contributed by atoms with Crippen LogP contribution in [-0.2, 0) is 24.0 Å². The van der Waals surface area contributed by atoms with Gasteiger partial charge in [0.25, 0.3) is 11.8 Å². The van der Waals surface area contributed by atoms with Crippen molar-refractivity contribution in [3.05, 3.63) is 24.3 Å². The van der Waals surface area contributed by atoms with Crippen LogP contribution in [0.4, 0.5) is 0 Å². The van der Waals surface area contributed by atoms with Gasteiger partial charge in [0.15, 0.2) is 5.78 Å². The third-order valence-corrected chi connectivity index (χ3v) is 9.63. The molecule has 2 saturated carbocycles. The first kappa shape index (κ1) is 35.2. The number of carbonyl (C=O) groups excluding carboxylic acids is 6. The number of rotatable bonds is 14. The Hall–Kier alpha value is -3.70. The molecule has 1 aromatic heterocycles. The molecule has 0 radical (unpaired) electrons. The number of ketones is 2. The summed E-state index contributed by atoms with van der Waals surface area (Å²) in [6.07, 6.45) is 9.27. The summed E-state index contributed by atoms with van der Waals surface area (Å²) in [5.74, 6) is -3.80. The predicted octanol–water partition coefficient (Wildman–Crippen LogP) is 2.61. The molecule has 3 fully saturated rings. The Balaban J connectivity index is 1.53. The number of amides is 4. The van der Waals surface area contributed by atoms with Gasteiger partial charge in [-0.1, -0.05) is 54.4 Å². The summed E-state index contributed by atoms with van der Waals surface area (Å²) in [6.45, 7) is 11.6. The number of aromatic nitrogens is 2. The van der Waals surface area contributed by atoms with E-state index in [9.17, 15) is 28.8 Å². The normalized spacial score (nSPS) is 22.8. The van der Waals surface area contributed by atoms with Crippen molar-refractivity contribution in [1.29, 1.82) is 0 Å². The van der Waals surface area contributed by atoms with Crippen LogP contribution in [0.2, 0.25) is 0 Å². The van der Waals surface area contributed by atoms with E-state index in [1.165, 1.54) is 18.6 Å². The van der Waals surface area contributed by atoms with Crippen LogP contribution in [0.1, 0.15) is 103 Å². The molecule has 2 aliphatic carbocycles. The minimum Gasteiger partial charge on any atom is -0.347 e. The van der Waals surface area contributed by atoms with E-state index >= 15 is 0 Å². The number of carbonyl (C=O) groups is 6. The molecule has 12 nitrogen and oxygen atoms in total. The maximum Gasteiger partial charge on any atom is 0.289 e. The molecular weight excluding hydrogens is 588 g/mol. The number of hydrogen-bond donors (Lipinski definition) is 3. The molecule has 2 heterocycles. The highest BCUT2D eigenvalue weighted by molar-refractivity contribution is 6.38. The van der Waals surface area contributed by atoms with Gasteiger partial charge in [-0.15, -0.1) is 0 Å². The topological polar surface area (TPSA) is 168 Å². The van der Waals surface area contributed by atoms with Crippen molar-refractivity contribution in [2.24, 2.45) is 29.1 Å². The summed E-state index contributed by atoms with van der Waals surface area (Å²) in [7, 11) is 0. The fraction of sp³-hybridized carbons (Fsp3) is 0.706. The number of fused-ring (bicyclic) bond motifs is 1. The van der Waals surface area contributed by atoms with Crippen LogP contribution >= 0.6 is 0 Å². The Morgan fingerprint density at radius 2 is 1.72 bits per heavy atom. The first-order valence-corrected chi connectivity index (χ1v) is 16.8. The highest BCUT2D eigenvalue weighted by Crippen LogP contribution is 2.44. The summed E-state index contributed by atoms with van der Waals surface area (Å²) >= 11 is 0. The number of hydrogen-bond acceptors (Lipinski definition) is 8. The molecule has 1 aliphatic heterocycles. The highest BCUT2D eigenvalue weighted by atomic mass is 16.2. The van der Waals surface area contributed by atoms with E-state index < -0.39 is 53.0 Å². The van der Waals surface area contributed by atoms with Crippen molar-refractivity contribution in [3.63, 3.8) is 0 Å². The van der Waals surface area contributed by atoms with Crippen molar-refractivity contribution < 1.29 is 28.8 Å². The SMILES string of the molecule is CCC[C@H](NC(=O)[C@@H]1[C@H]2CCC[C@H]2CN1C(=O)[C@@H](CC(=O)[C@@H](NC(=O)c1cnccn1)C(C)C)C(C)(C)C)C(=O)C(=O)NC1CC1. The molecule has 6 atom stereocenters. The lowest BCUT2D eigenvalue weighted by Crippen LogP contribution is -2.56. The molecule has 3 N–H and O–H groups in total. The molecule has 12 heteroatoms. The van der Waals surface area contributed by atoms with Gasteiger partial charge >= 0.3 is 0 Å². The van der Waals surface area contributed by atoms with Gasteiger partial charge in [0.05, 0.1) is 18.3 Å². The second-order valence-corrected chi connectivity index (χ2v) is 14.6. The maximum atomic E-state index is 14.4. The summed E-state index contributed by atoms with van der Waals surface area (Å²) < 4.78 is 0. The van der Waals surface area contributed by atoms with Gasteiger partial charge in [0, 0.05) is 37.3 Å². The fourth-order valence-corrected chi connectivity index (χ4v) is 6.87.